The number of rotatable bonds is 3. The summed E-state index contributed by atoms with van der Waals surface area (Å²) >= 11 is 0. The van der Waals surface area contributed by atoms with Crippen LogP contribution in [0.2, 0.25) is 0 Å². The molecule has 0 unspecified atom stereocenters. The standard InChI is InChI=1S/C18H14FN3/c19-6-9-22-17-5-8-21-12-16(17)15-4-3-13(10-18(15)22)14-2-1-7-20-11-14/h1-5,7-8,10-12H,6,9H2. The lowest BCUT2D eigenvalue weighted by Crippen LogP contribution is -1.99. The van der Waals surface area contributed by atoms with E-state index < -0.39 is 6.67 Å². The van der Waals surface area contributed by atoms with Gasteiger partial charge in [0, 0.05) is 46.6 Å². The molecule has 0 aliphatic heterocycles. The summed E-state index contributed by atoms with van der Waals surface area (Å²) in [6.45, 7) is -0.0428. The Morgan fingerprint density at radius 3 is 2.59 bits per heavy atom. The van der Waals surface area contributed by atoms with Crippen molar-refractivity contribution in [2.75, 3.05) is 6.67 Å². The van der Waals surface area contributed by atoms with E-state index in [4.69, 9.17) is 0 Å². The molecule has 0 atom stereocenters. The van der Waals surface area contributed by atoms with E-state index in [0.29, 0.717) is 6.54 Å². The predicted octanol–water partition coefficient (Wildman–Crippen LogP) is 4.22. The molecule has 4 rings (SSSR count). The minimum absolute atomic E-state index is 0.348. The number of hydrogen-bond acceptors (Lipinski definition) is 2. The van der Waals surface area contributed by atoms with Crippen LogP contribution in [0.1, 0.15) is 0 Å². The lowest BCUT2D eigenvalue weighted by molar-refractivity contribution is 0.455. The first-order valence-corrected chi connectivity index (χ1v) is 7.21. The Labute approximate surface area is 127 Å². The van der Waals surface area contributed by atoms with Gasteiger partial charge in [0.1, 0.15) is 6.67 Å². The zero-order chi connectivity index (χ0) is 14.9. The molecule has 3 nitrogen and oxygen atoms in total. The molecule has 0 spiro atoms. The first kappa shape index (κ1) is 13.0. The summed E-state index contributed by atoms with van der Waals surface area (Å²) in [5, 5.41) is 2.16. The van der Waals surface area contributed by atoms with Crippen molar-refractivity contribution in [1.29, 1.82) is 0 Å². The SMILES string of the molecule is FCCn1c2ccncc2c2ccc(-c3cccnc3)cc21. The van der Waals surface area contributed by atoms with Gasteiger partial charge in [-0.25, -0.2) is 4.39 Å². The van der Waals surface area contributed by atoms with E-state index in [0.717, 1.165) is 32.9 Å². The monoisotopic (exact) mass is 291 g/mol. The van der Waals surface area contributed by atoms with Gasteiger partial charge in [-0.05, 0) is 23.8 Å². The zero-order valence-electron chi connectivity index (χ0n) is 11.9. The van der Waals surface area contributed by atoms with Crippen molar-refractivity contribution < 1.29 is 4.39 Å². The van der Waals surface area contributed by atoms with Crippen LogP contribution in [0.4, 0.5) is 4.39 Å². The van der Waals surface area contributed by atoms with Gasteiger partial charge in [0.25, 0.3) is 0 Å². The first-order valence-electron chi connectivity index (χ1n) is 7.21. The molecule has 0 aliphatic carbocycles. The Hall–Kier alpha value is -2.75. The Morgan fingerprint density at radius 2 is 1.77 bits per heavy atom. The van der Waals surface area contributed by atoms with Gasteiger partial charge in [-0.15, -0.1) is 0 Å². The molecule has 0 saturated heterocycles. The summed E-state index contributed by atoms with van der Waals surface area (Å²) in [5.74, 6) is 0. The van der Waals surface area contributed by atoms with Crippen molar-refractivity contribution in [2.24, 2.45) is 0 Å². The van der Waals surface area contributed by atoms with Crippen molar-refractivity contribution in [3.8, 4) is 11.1 Å². The van der Waals surface area contributed by atoms with Crippen LogP contribution in [0.25, 0.3) is 32.9 Å². The van der Waals surface area contributed by atoms with Crippen LogP contribution in [0, 0.1) is 0 Å². The van der Waals surface area contributed by atoms with Crippen molar-refractivity contribution in [1.82, 2.24) is 14.5 Å². The molecular weight excluding hydrogens is 277 g/mol. The van der Waals surface area contributed by atoms with E-state index in [1.54, 1.807) is 12.4 Å². The quantitative estimate of drug-likeness (QED) is 0.566. The van der Waals surface area contributed by atoms with Gasteiger partial charge in [0.05, 0.1) is 12.1 Å². The Balaban J connectivity index is 2.03. The van der Waals surface area contributed by atoms with Gasteiger partial charge in [-0.2, -0.15) is 0 Å². The second-order valence-corrected chi connectivity index (χ2v) is 5.21. The maximum atomic E-state index is 13.0. The van der Waals surface area contributed by atoms with E-state index in [1.165, 1.54) is 0 Å². The number of alkyl halides is 1. The highest BCUT2D eigenvalue weighted by molar-refractivity contribution is 6.08. The molecule has 4 aromatic rings. The molecule has 0 saturated carbocycles. The second kappa shape index (κ2) is 5.22. The number of aryl methyl sites for hydroxylation is 1. The number of benzene rings is 1. The molecule has 0 aliphatic rings. The topological polar surface area (TPSA) is 30.7 Å². The fourth-order valence-corrected chi connectivity index (χ4v) is 2.98. The summed E-state index contributed by atoms with van der Waals surface area (Å²) in [6, 6.07) is 12.1. The first-order chi connectivity index (χ1) is 10.9. The third-order valence-corrected chi connectivity index (χ3v) is 3.97. The summed E-state index contributed by atoms with van der Waals surface area (Å²) in [5.41, 5.74) is 4.18. The summed E-state index contributed by atoms with van der Waals surface area (Å²) in [4.78, 5) is 8.37. The number of nitrogens with zero attached hydrogens (tertiary/aromatic N) is 3. The molecular formula is C18H14FN3. The molecule has 0 fully saturated rings. The van der Waals surface area contributed by atoms with Crippen molar-refractivity contribution >= 4 is 21.8 Å². The maximum absolute atomic E-state index is 13.0. The molecule has 0 amide bonds. The third kappa shape index (κ3) is 1.96. The van der Waals surface area contributed by atoms with Crippen molar-refractivity contribution in [3.05, 3.63) is 61.2 Å². The summed E-state index contributed by atoms with van der Waals surface area (Å²) in [6.07, 6.45) is 7.19. The molecule has 3 aromatic heterocycles. The molecule has 0 radical (unpaired) electrons. The summed E-state index contributed by atoms with van der Waals surface area (Å²) < 4.78 is 15.0. The van der Waals surface area contributed by atoms with Crippen LogP contribution in [-0.4, -0.2) is 21.2 Å². The minimum Gasteiger partial charge on any atom is -0.338 e. The number of hydrogen-bond donors (Lipinski definition) is 0. The highest BCUT2D eigenvalue weighted by Crippen LogP contribution is 2.31. The van der Waals surface area contributed by atoms with Crippen LogP contribution < -0.4 is 0 Å². The van der Waals surface area contributed by atoms with Crippen molar-refractivity contribution in [3.63, 3.8) is 0 Å². The molecule has 22 heavy (non-hydrogen) atoms. The van der Waals surface area contributed by atoms with Gasteiger partial charge in [-0.3, -0.25) is 9.97 Å². The van der Waals surface area contributed by atoms with Gasteiger partial charge < -0.3 is 4.57 Å². The van der Waals surface area contributed by atoms with Gasteiger partial charge in [0.15, 0.2) is 0 Å². The number of halogens is 1. The summed E-state index contributed by atoms with van der Waals surface area (Å²) in [7, 11) is 0. The van der Waals surface area contributed by atoms with Gasteiger partial charge >= 0.3 is 0 Å². The van der Waals surface area contributed by atoms with Crippen LogP contribution >= 0.6 is 0 Å². The van der Waals surface area contributed by atoms with Crippen LogP contribution in [0.15, 0.2) is 61.2 Å². The van der Waals surface area contributed by atoms with Gasteiger partial charge in [-0.1, -0.05) is 18.2 Å². The van der Waals surface area contributed by atoms with E-state index in [-0.39, 0.29) is 0 Å². The average Bonchev–Trinajstić information content (AvgIpc) is 2.90. The minimum atomic E-state index is -0.391. The lowest BCUT2D eigenvalue weighted by Gasteiger charge is -2.06. The Bertz CT molecular complexity index is 945. The maximum Gasteiger partial charge on any atom is 0.107 e. The predicted molar refractivity (Wildman–Crippen MR) is 86.4 cm³/mol. The molecule has 108 valence electrons. The molecule has 3 heterocycles. The lowest BCUT2D eigenvalue weighted by atomic mass is 10.1. The Morgan fingerprint density at radius 1 is 0.864 bits per heavy atom. The van der Waals surface area contributed by atoms with Crippen LogP contribution in [-0.2, 0) is 6.54 Å². The zero-order valence-corrected chi connectivity index (χ0v) is 11.9. The second-order valence-electron chi connectivity index (χ2n) is 5.21. The Kier molecular flexibility index (Phi) is 3.07. The number of fused-ring (bicyclic) bond motifs is 3. The molecule has 0 bridgehead atoms. The number of pyridine rings is 2. The average molecular weight is 291 g/mol. The molecule has 1 aromatic carbocycles. The highest BCUT2D eigenvalue weighted by Gasteiger charge is 2.11. The van der Waals surface area contributed by atoms with E-state index in [2.05, 4.69) is 28.2 Å². The number of aromatic nitrogens is 3. The van der Waals surface area contributed by atoms with E-state index in [9.17, 15) is 4.39 Å². The fraction of sp³-hybridized carbons (Fsp3) is 0.111. The smallest absolute Gasteiger partial charge is 0.107 e. The largest absolute Gasteiger partial charge is 0.338 e. The fourth-order valence-electron chi connectivity index (χ4n) is 2.98. The highest BCUT2D eigenvalue weighted by atomic mass is 19.1. The van der Waals surface area contributed by atoms with Crippen LogP contribution in [0.5, 0.6) is 0 Å². The van der Waals surface area contributed by atoms with Crippen LogP contribution in [0.3, 0.4) is 0 Å². The molecule has 0 N–H and O–H groups in total. The van der Waals surface area contributed by atoms with Gasteiger partial charge in [0.2, 0.25) is 0 Å². The molecule has 4 heteroatoms. The normalized spacial score (nSPS) is 11.3. The third-order valence-electron chi connectivity index (χ3n) is 3.97. The van der Waals surface area contributed by atoms with E-state index in [1.807, 2.05) is 35.2 Å². The van der Waals surface area contributed by atoms with Crippen molar-refractivity contribution in [2.45, 2.75) is 6.54 Å². The van der Waals surface area contributed by atoms with E-state index >= 15 is 0 Å².